The van der Waals surface area contributed by atoms with Crippen LogP contribution in [0.4, 0.5) is 0 Å². The van der Waals surface area contributed by atoms with Crippen LogP contribution in [-0.4, -0.2) is 58.9 Å². The van der Waals surface area contributed by atoms with E-state index in [1.54, 1.807) is 14.2 Å². The van der Waals surface area contributed by atoms with Crippen molar-refractivity contribution in [3.8, 4) is 0 Å². The number of hydrogen-bond acceptors (Lipinski definition) is 5. The third-order valence-corrected chi connectivity index (χ3v) is 2.72. The van der Waals surface area contributed by atoms with Gasteiger partial charge in [-0.3, -0.25) is 0 Å². The number of hydrogen-bond donors (Lipinski definition) is 1. The van der Waals surface area contributed by atoms with E-state index in [-0.39, 0.29) is 18.2 Å². The highest BCUT2D eigenvalue weighted by Crippen LogP contribution is 2.25. The van der Waals surface area contributed by atoms with Gasteiger partial charge in [-0.05, 0) is 12.8 Å². The SMILES string of the molecule is COCCCOC1CC(N)C1OCCOC. The van der Waals surface area contributed by atoms with Crippen molar-refractivity contribution in [2.45, 2.75) is 31.1 Å². The number of nitrogens with two attached hydrogens (primary N) is 1. The molecule has 5 heteroatoms. The Bertz CT molecular complexity index is 179. The van der Waals surface area contributed by atoms with Crippen LogP contribution in [0.25, 0.3) is 0 Å². The van der Waals surface area contributed by atoms with E-state index in [1.165, 1.54) is 0 Å². The van der Waals surface area contributed by atoms with Crippen LogP contribution in [0.5, 0.6) is 0 Å². The molecule has 0 spiro atoms. The standard InChI is InChI=1S/C11H23NO4/c1-13-4-3-5-15-10-8-9(12)11(10)16-7-6-14-2/h9-11H,3-8,12H2,1-2H3. The van der Waals surface area contributed by atoms with Crippen LogP contribution in [0.3, 0.4) is 0 Å². The van der Waals surface area contributed by atoms with Crippen molar-refractivity contribution < 1.29 is 18.9 Å². The second-order valence-corrected chi connectivity index (χ2v) is 3.98. The molecule has 1 aliphatic rings. The lowest BCUT2D eigenvalue weighted by Gasteiger charge is -2.41. The Morgan fingerprint density at radius 1 is 1.00 bits per heavy atom. The van der Waals surface area contributed by atoms with E-state index in [0.717, 1.165) is 19.4 Å². The Hall–Kier alpha value is -0.200. The van der Waals surface area contributed by atoms with Gasteiger partial charge in [0.15, 0.2) is 0 Å². The van der Waals surface area contributed by atoms with Gasteiger partial charge in [-0.1, -0.05) is 0 Å². The summed E-state index contributed by atoms with van der Waals surface area (Å²) < 4.78 is 21.1. The summed E-state index contributed by atoms with van der Waals surface area (Å²) in [5.74, 6) is 0. The van der Waals surface area contributed by atoms with Crippen LogP contribution in [0.1, 0.15) is 12.8 Å². The average molecular weight is 233 g/mol. The van der Waals surface area contributed by atoms with Gasteiger partial charge >= 0.3 is 0 Å². The van der Waals surface area contributed by atoms with E-state index >= 15 is 0 Å². The van der Waals surface area contributed by atoms with Gasteiger partial charge in [0.1, 0.15) is 0 Å². The fourth-order valence-electron chi connectivity index (χ4n) is 1.72. The zero-order chi connectivity index (χ0) is 11.8. The highest BCUT2D eigenvalue weighted by Gasteiger charge is 2.40. The lowest BCUT2D eigenvalue weighted by molar-refractivity contribution is -0.145. The summed E-state index contributed by atoms with van der Waals surface area (Å²) in [6.45, 7) is 2.61. The van der Waals surface area contributed by atoms with Crippen molar-refractivity contribution in [1.82, 2.24) is 0 Å². The summed E-state index contributed by atoms with van der Waals surface area (Å²) in [5, 5.41) is 0. The van der Waals surface area contributed by atoms with Gasteiger partial charge in [-0.15, -0.1) is 0 Å². The van der Waals surface area contributed by atoms with E-state index < -0.39 is 0 Å². The fraction of sp³-hybridized carbons (Fsp3) is 1.00. The molecule has 1 saturated carbocycles. The van der Waals surface area contributed by atoms with Gasteiger partial charge in [-0.25, -0.2) is 0 Å². The molecule has 0 saturated heterocycles. The Morgan fingerprint density at radius 2 is 1.75 bits per heavy atom. The molecular weight excluding hydrogens is 210 g/mol. The Morgan fingerprint density at radius 3 is 2.38 bits per heavy atom. The van der Waals surface area contributed by atoms with Gasteiger partial charge in [0, 0.05) is 33.5 Å². The third-order valence-electron chi connectivity index (χ3n) is 2.72. The molecule has 16 heavy (non-hydrogen) atoms. The van der Waals surface area contributed by atoms with E-state index in [4.69, 9.17) is 24.7 Å². The zero-order valence-corrected chi connectivity index (χ0v) is 10.2. The molecule has 3 unspecified atom stereocenters. The molecule has 2 N–H and O–H groups in total. The second kappa shape index (κ2) is 7.97. The lowest BCUT2D eigenvalue weighted by atomic mass is 9.86. The summed E-state index contributed by atoms with van der Waals surface area (Å²) in [7, 11) is 3.35. The topological polar surface area (TPSA) is 62.9 Å². The van der Waals surface area contributed by atoms with E-state index in [1.807, 2.05) is 0 Å². The monoisotopic (exact) mass is 233 g/mol. The highest BCUT2D eigenvalue weighted by molar-refractivity contribution is 4.95. The minimum absolute atomic E-state index is 0.0256. The molecule has 0 heterocycles. The van der Waals surface area contributed by atoms with Gasteiger partial charge in [0.05, 0.1) is 25.4 Å². The maximum Gasteiger partial charge on any atom is 0.0989 e. The first kappa shape index (κ1) is 13.9. The quantitative estimate of drug-likeness (QED) is 0.575. The van der Waals surface area contributed by atoms with Crippen molar-refractivity contribution in [1.29, 1.82) is 0 Å². The highest BCUT2D eigenvalue weighted by atomic mass is 16.6. The van der Waals surface area contributed by atoms with Crippen molar-refractivity contribution in [3.63, 3.8) is 0 Å². The van der Waals surface area contributed by atoms with Gasteiger partial charge < -0.3 is 24.7 Å². The van der Waals surface area contributed by atoms with E-state index in [9.17, 15) is 0 Å². The molecule has 1 rings (SSSR count). The van der Waals surface area contributed by atoms with Gasteiger partial charge in [0.2, 0.25) is 0 Å². The van der Waals surface area contributed by atoms with Crippen molar-refractivity contribution >= 4 is 0 Å². The molecular formula is C11H23NO4. The Kier molecular flexibility index (Phi) is 6.91. The molecule has 0 aliphatic heterocycles. The normalized spacial score (nSPS) is 29.1. The largest absolute Gasteiger partial charge is 0.385 e. The molecule has 0 amide bonds. The van der Waals surface area contributed by atoms with Crippen LogP contribution in [0.15, 0.2) is 0 Å². The first-order valence-electron chi connectivity index (χ1n) is 5.76. The van der Waals surface area contributed by atoms with Crippen LogP contribution in [0, 0.1) is 0 Å². The molecule has 5 nitrogen and oxygen atoms in total. The van der Waals surface area contributed by atoms with Crippen LogP contribution in [0.2, 0.25) is 0 Å². The van der Waals surface area contributed by atoms with Crippen molar-refractivity contribution in [2.75, 3.05) is 40.6 Å². The number of rotatable bonds is 9. The molecule has 3 atom stereocenters. The van der Waals surface area contributed by atoms with E-state index in [0.29, 0.717) is 19.8 Å². The zero-order valence-electron chi connectivity index (χ0n) is 10.2. The summed E-state index contributed by atoms with van der Waals surface area (Å²) in [4.78, 5) is 0. The molecule has 0 aromatic heterocycles. The molecule has 1 fully saturated rings. The van der Waals surface area contributed by atoms with Gasteiger partial charge in [-0.2, -0.15) is 0 Å². The van der Waals surface area contributed by atoms with Crippen molar-refractivity contribution in [2.24, 2.45) is 5.73 Å². The van der Waals surface area contributed by atoms with Crippen LogP contribution >= 0.6 is 0 Å². The Labute approximate surface area is 97.2 Å². The number of methoxy groups -OCH3 is 2. The maximum absolute atomic E-state index is 5.86. The minimum Gasteiger partial charge on any atom is -0.385 e. The predicted octanol–water partition coefficient (Wildman–Crippen LogP) is 0.171. The van der Waals surface area contributed by atoms with Crippen LogP contribution < -0.4 is 5.73 Å². The molecule has 96 valence electrons. The Balaban J connectivity index is 2.07. The molecule has 0 aromatic rings. The molecule has 0 radical (unpaired) electrons. The molecule has 0 bridgehead atoms. The number of ether oxygens (including phenoxy) is 4. The minimum atomic E-state index is 0.0256. The summed E-state index contributed by atoms with van der Waals surface area (Å²) in [6.07, 6.45) is 1.96. The smallest absolute Gasteiger partial charge is 0.0989 e. The van der Waals surface area contributed by atoms with Crippen molar-refractivity contribution in [3.05, 3.63) is 0 Å². The maximum atomic E-state index is 5.86. The first-order valence-corrected chi connectivity index (χ1v) is 5.76. The second-order valence-electron chi connectivity index (χ2n) is 3.98. The summed E-state index contributed by atoms with van der Waals surface area (Å²) in [5.41, 5.74) is 5.86. The average Bonchev–Trinajstić information content (AvgIpc) is 2.28. The molecule has 0 aromatic carbocycles. The first-order chi connectivity index (χ1) is 7.79. The summed E-state index contributed by atoms with van der Waals surface area (Å²) >= 11 is 0. The predicted molar refractivity (Wildman–Crippen MR) is 60.4 cm³/mol. The van der Waals surface area contributed by atoms with Gasteiger partial charge in [0.25, 0.3) is 0 Å². The fourth-order valence-corrected chi connectivity index (χ4v) is 1.72. The molecule has 1 aliphatic carbocycles. The third kappa shape index (κ3) is 4.35. The van der Waals surface area contributed by atoms with E-state index in [2.05, 4.69) is 0 Å². The lowest BCUT2D eigenvalue weighted by Crippen LogP contribution is -2.58. The van der Waals surface area contributed by atoms with Crippen LogP contribution in [-0.2, 0) is 18.9 Å². The summed E-state index contributed by atoms with van der Waals surface area (Å²) in [6, 6.07) is 0.101.